The lowest BCUT2D eigenvalue weighted by Crippen LogP contribution is -2.34. The van der Waals surface area contributed by atoms with Crippen molar-refractivity contribution in [3.05, 3.63) is 35.4 Å². The van der Waals surface area contributed by atoms with Gasteiger partial charge in [0.05, 0.1) is 5.75 Å². The SMILES string of the molecule is CC1CCC2(CC1)CCN(C(=O)c1cccc(CS(C)(=O)=O)c1)C2. The van der Waals surface area contributed by atoms with Crippen molar-refractivity contribution in [2.24, 2.45) is 11.3 Å². The van der Waals surface area contributed by atoms with Gasteiger partial charge in [-0.05, 0) is 48.3 Å². The Hall–Kier alpha value is -1.36. The van der Waals surface area contributed by atoms with Gasteiger partial charge in [-0.15, -0.1) is 0 Å². The highest BCUT2D eigenvalue weighted by molar-refractivity contribution is 7.89. The third-order valence-corrected chi connectivity index (χ3v) is 6.52. The zero-order valence-corrected chi connectivity index (χ0v) is 15.4. The van der Waals surface area contributed by atoms with E-state index in [1.165, 1.54) is 31.9 Å². The van der Waals surface area contributed by atoms with Gasteiger partial charge in [-0.25, -0.2) is 8.42 Å². The summed E-state index contributed by atoms with van der Waals surface area (Å²) in [5, 5.41) is 0. The van der Waals surface area contributed by atoms with Gasteiger partial charge >= 0.3 is 0 Å². The van der Waals surface area contributed by atoms with Crippen LogP contribution in [-0.2, 0) is 15.6 Å². The number of nitrogens with zero attached hydrogens (tertiary/aromatic N) is 1. The van der Waals surface area contributed by atoms with Crippen LogP contribution >= 0.6 is 0 Å². The molecule has 1 aliphatic carbocycles. The molecule has 1 saturated carbocycles. The molecule has 2 aliphatic rings. The van der Waals surface area contributed by atoms with Gasteiger partial charge in [-0.3, -0.25) is 4.79 Å². The summed E-state index contributed by atoms with van der Waals surface area (Å²) < 4.78 is 22.9. The Morgan fingerprint density at radius 1 is 1.25 bits per heavy atom. The van der Waals surface area contributed by atoms with Crippen LogP contribution in [0.3, 0.4) is 0 Å². The Labute approximate surface area is 145 Å². The standard InChI is InChI=1S/C19H27NO3S/c1-15-6-8-19(9-7-15)10-11-20(14-19)18(21)17-5-3-4-16(12-17)13-24(2,22)23/h3-5,12,15H,6-11,13-14H2,1-2H3. The van der Waals surface area contributed by atoms with E-state index in [1.807, 2.05) is 4.90 Å². The molecular weight excluding hydrogens is 322 g/mol. The Bertz CT molecular complexity index is 718. The van der Waals surface area contributed by atoms with E-state index < -0.39 is 9.84 Å². The number of carbonyl (C=O) groups excluding carboxylic acids is 1. The molecule has 132 valence electrons. The van der Waals surface area contributed by atoms with Gasteiger partial charge in [0.15, 0.2) is 9.84 Å². The highest BCUT2D eigenvalue weighted by Crippen LogP contribution is 2.45. The molecule has 0 N–H and O–H groups in total. The van der Waals surface area contributed by atoms with Gasteiger partial charge < -0.3 is 4.90 Å². The largest absolute Gasteiger partial charge is 0.338 e. The minimum atomic E-state index is -3.09. The molecule has 0 atom stereocenters. The molecule has 0 unspecified atom stereocenters. The van der Waals surface area contributed by atoms with E-state index in [4.69, 9.17) is 0 Å². The molecule has 2 fully saturated rings. The fourth-order valence-electron chi connectivity index (χ4n) is 4.17. The average Bonchev–Trinajstić information content (AvgIpc) is 2.93. The maximum absolute atomic E-state index is 12.8. The van der Waals surface area contributed by atoms with Crippen LogP contribution in [0.25, 0.3) is 0 Å². The molecule has 1 aliphatic heterocycles. The maximum Gasteiger partial charge on any atom is 0.253 e. The van der Waals surface area contributed by atoms with Crippen LogP contribution in [-0.4, -0.2) is 38.6 Å². The molecule has 4 nitrogen and oxygen atoms in total. The van der Waals surface area contributed by atoms with Crippen molar-refractivity contribution in [1.82, 2.24) is 4.90 Å². The van der Waals surface area contributed by atoms with Crippen molar-refractivity contribution in [1.29, 1.82) is 0 Å². The highest BCUT2D eigenvalue weighted by Gasteiger charge is 2.41. The number of likely N-dealkylation sites (tertiary alicyclic amines) is 1. The Kier molecular flexibility index (Phi) is 4.73. The van der Waals surface area contributed by atoms with E-state index in [2.05, 4.69) is 6.92 Å². The van der Waals surface area contributed by atoms with Crippen LogP contribution < -0.4 is 0 Å². The van der Waals surface area contributed by atoms with Gasteiger partial charge in [0, 0.05) is 24.9 Å². The fourth-order valence-corrected chi connectivity index (χ4v) is 4.96. The molecule has 1 heterocycles. The van der Waals surface area contributed by atoms with Crippen molar-refractivity contribution in [3.63, 3.8) is 0 Å². The third kappa shape index (κ3) is 4.00. The zero-order chi connectivity index (χ0) is 17.4. The molecule has 3 rings (SSSR count). The summed E-state index contributed by atoms with van der Waals surface area (Å²) in [6.07, 6.45) is 7.32. The second kappa shape index (κ2) is 6.51. The van der Waals surface area contributed by atoms with Gasteiger partial charge in [-0.2, -0.15) is 0 Å². The number of hydrogen-bond acceptors (Lipinski definition) is 3. The van der Waals surface area contributed by atoms with E-state index in [0.29, 0.717) is 16.5 Å². The quantitative estimate of drug-likeness (QED) is 0.841. The Morgan fingerprint density at radius 2 is 1.96 bits per heavy atom. The van der Waals surface area contributed by atoms with E-state index in [9.17, 15) is 13.2 Å². The van der Waals surface area contributed by atoms with Gasteiger partial charge in [0.2, 0.25) is 0 Å². The molecule has 5 heteroatoms. The summed E-state index contributed by atoms with van der Waals surface area (Å²) in [5.74, 6) is 0.838. The minimum absolute atomic E-state index is 0.0179. The molecule has 1 saturated heterocycles. The van der Waals surface area contributed by atoms with E-state index in [0.717, 1.165) is 25.4 Å². The summed E-state index contributed by atoms with van der Waals surface area (Å²) in [6, 6.07) is 7.08. The minimum Gasteiger partial charge on any atom is -0.338 e. The molecule has 0 radical (unpaired) electrons. The first kappa shape index (κ1) is 17.5. The molecule has 1 amide bonds. The summed E-state index contributed by atoms with van der Waals surface area (Å²) >= 11 is 0. The highest BCUT2D eigenvalue weighted by atomic mass is 32.2. The normalized spacial score (nSPS) is 27.6. The monoisotopic (exact) mass is 349 g/mol. The summed E-state index contributed by atoms with van der Waals surface area (Å²) in [6.45, 7) is 4.00. The van der Waals surface area contributed by atoms with Crippen molar-refractivity contribution in [2.45, 2.75) is 44.8 Å². The zero-order valence-electron chi connectivity index (χ0n) is 14.6. The lowest BCUT2D eigenvalue weighted by molar-refractivity contribution is 0.0750. The van der Waals surface area contributed by atoms with Gasteiger partial charge in [0.1, 0.15) is 0 Å². The fraction of sp³-hybridized carbons (Fsp3) is 0.632. The molecule has 0 bridgehead atoms. The molecule has 24 heavy (non-hydrogen) atoms. The average molecular weight is 349 g/mol. The first-order valence-corrected chi connectivity index (χ1v) is 10.9. The Balaban J connectivity index is 1.70. The summed E-state index contributed by atoms with van der Waals surface area (Å²) in [4.78, 5) is 14.8. The second-order valence-electron chi connectivity index (χ2n) is 7.93. The van der Waals surface area contributed by atoms with Gasteiger partial charge in [0.25, 0.3) is 5.91 Å². The van der Waals surface area contributed by atoms with E-state index >= 15 is 0 Å². The predicted octanol–water partition coefficient (Wildman–Crippen LogP) is 3.27. The summed E-state index contributed by atoms with van der Waals surface area (Å²) in [7, 11) is -3.09. The smallest absolute Gasteiger partial charge is 0.253 e. The maximum atomic E-state index is 12.8. The number of rotatable bonds is 3. The molecule has 1 aromatic rings. The predicted molar refractivity (Wildman–Crippen MR) is 95.6 cm³/mol. The molecular formula is C19H27NO3S. The molecule has 0 aromatic heterocycles. The number of amides is 1. The van der Waals surface area contributed by atoms with Crippen LogP contribution in [0.15, 0.2) is 24.3 Å². The number of benzene rings is 1. The third-order valence-electron chi connectivity index (χ3n) is 5.66. The lowest BCUT2D eigenvalue weighted by Gasteiger charge is -2.36. The van der Waals surface area contributed by atoms with Crippen LogP contribution in [0, 0.1) is 11.3 Å². The van der Waals surface area contributed by atoms with Crippen molar-refractivity contribution in [3.8, 4) is 0 Å². The number of hydrogen-bond donors (Lipinski definition) is 0. The number of sulfone groups is 1. The molecule has 1 aromatic carbocycles. The van der Waals surface area contributed by atoms with Crippen molar-refractivity contribution in [2.75, 3.05) is 19.3 Å². The Morgan fingerprint density at radius 3 is 2.62 bits per heavy atom. The van der Waals surface area contributed by atoms with Gasteiger partial charge in [-0.1, -0.05) is 31.9 Å². The second-order valence-corrected chi connectivity index (χ2v) is 10.1. The van der Waals surface area contributed by atoms with Crippen LogP contribution in [0.4, 0.5) is 0 Å². The van der Waals surface area contributed by atoms with Crippen LogP contribution in [0.2, 0.25) is 0 Å². The topological polar surface area (TPSA) is 54.5 Å². The van der Waals surface area contributed by atoms with E-state index in [1.54, 1.807) is 24.3 Å². The van der Waals surface area contributed by atoms with Crippen molar-refractivity contribution < 1.29 is 13.2 Å². The molecule has 1 spiro atoms. The van der Waals surface area contributed by atoms with Crippen LogP contribution in [0.1, 0.15) is 54.9 Å². The first-order valence-electron chi connectivity index (χ1n) is 8.82. The first-order chi connectivity index (χ1) is 11.3. The summed E-state index contributed by atoms with van der Waals surface area (Å²) in [5.41, 5.74) is 1.62. The van der Waals surface area contributed by atoms with Crippen molar-refractivity contribution >= 4 is 15.7 Å². The van der Waals surface area contributed by atoms with E-state index in [-0.39, 0.29) is 11.7 Å². The lowest BCUT2D eigenvalue weighted by atomic mass is 9.70. The number of carbonyl (C=O) groups is 1. The van der Waals surface area contributed by atoms with Crippen LogP contribution in [0.5, 0.6) is 0 Å².